The fourth-order valence-corrected chi connectivity index (χ4v) is 2.60. The second-order valence-electron chi connectivity index (χ2n) is 6.31. The smallest absolute Gasteiger partial charge is 0.244 e. The normalized spacial score (nSPS) is 11.1. The Labute approximate surface area is 142 Å². The van der Waals surface area contributed by atoms with Crippen molar-refractivity contribution < 1.29 is 0 Å². The number of aromatic nitrogens is 4. The molecule has 3 rings (SSSR count). The van der Waals surface area contributed by atoms with Crippen molar-refractivity contribution >= 4 is 22.7 Å². The first-order valence-electron chi connectivity index (χ1n) is 8.45. The van der Waals surface area contributed by atoms with Crippen molar-refractivity contribution in [3.63, 3.8) is 0 Å². The van der Waals surface area contributed by atoms with Crippen molar-refractivity contribution in [3.8, 4) is 0 Å². The number of aromatic amines is 1. The first-order chi connectivity index (χ1) is 11.7. The topological polar surface area (TPSA) is 78.5 Å². The van der Waals surface area contributed by atoms with Gasteiger partial charge in [-0.05, 0) is 30.4 Å². The Morgan fingerprint density at radius 2 is 2.00 bits per heavy atom. The lowest BCUT2D eigenvalue weighted by molar-refractivity contribution is 0.605. The molecule has 0 atom stereocenters. The number of rotatable bonds is 8. The molecular formula is C18H24N6. The van der Waals surface area contributed by atoms with E-state index >= 15 is 0 Å². The maximum atomic E-state index is 4.45. The van der Waals surface area contributed by atoms with Crippen LogP contribution < -0.4 is 10.6 Å². The summed E-state index contributed by atoms with van der Waals surface area (Å²) in [7, 11) is 0. The van der Waals surface area contributed by atoms with Crippen molar-refractivity contribution in [1.82, 2.24) is 20.2 Å². The minimum atomic E-state index is 0.577. The molecule has 1 aromatic carbocycles. The van der Waals surface area contributed by atoms with E-state index in [4.69, 9.17) is 0 Å². The number of fused-ring (bicyclic) bond motifs is 1. The highest BCUT2D eigenvalue weighted by Crippen LogP contribution is 2.18. The number of anilines is 2. The highest BCUT2D eigenvalue weighted by atomic mass is 15.3. The van der Waals surface area contributed by atoms with Gasteiger partial charge < -0.3 is 15.6 Å². The predicted molar refractivity (Wildman–Crippen MR) is 98.3 cm³/mol. The number of hydrogen-bond donors (Lipinski definition) is 3. The van der Waals surface area contributed by atoms with Crippen LogP contribution in [0, 0.1) is 5.92 Å². The van der Waals surface area contributed by atoms with Gasteiger partial charge in [0.1, 0.15) is 0 Å². The Balaban J connectivity index is 1.53. The van der Waals surface area contributed by atoms with E-state index in [9.17, 15) is 0 Å². The summed E-state index contributed by atoms with van der Waals surface area (Å²) in [6, 6.07) is 8.34. The first kappa shape index (κ1) is 16.2. The van der Waals surface area contributed by atoms with E-state index in [1.165, 1.54) is 16.5 Å². The molecule has 0 saturated carbocycles. The van der Waals surface area contributed by atoms with Crippen molar-refractivity contribution in [2.24, 2.45) is 5.92 Å². The van der Waals surface area contributed by atoms with Crippen molar-refractivity contribution in [2.45, 2.75) is 26.7 Å². The van der Waals surface area contributed by atoms with E-state index in [0.717, 1.165) is 31.7 Å². The van der Waals surface area contributed by atoms with Gasteiger partial charge in [0.05, 0.1) is 6.20 Å². The molecule has 0 saturated heterocycles. The van der Waals surface area contributed by atoms with E-state index in [2.05, 4.69) is 69.0 Å². The van der Waals surface area contributed by atoms with E-state index in [1.807, 2.05) is 6.07 Å². The molecule has 24 heavy (non-hydrogen) atoms. The Morgan fingerprint density at radius 3 is 2.88 bits per heavy atom. The van der Waals surface area contributed by atoms with Crippen LogP contribution in [0.4, 0.5) is 11.8 Å². The van der Waals surface area contributed by atoms with Crippen LogP contribution in [0.3, 0.4) is 0 Å². The van der Waals surface area contributed by atoms with Crippen molar-refractivity contribution in [1.29, 1.82) is 0 Å². The maximum absolute atomic E-state index is 4.45. The fraction of sp³-hybridized carbons (Fsp3) is 0.389. The van der Waals surface area contributed by atoms with Crippen LogP contribution in [0.2, 0.25) is 0 Å². The van der Waals surface area contributed by atoms with Gasteiger partial charge in [-0.1, -0.05) is 32.0 Å². The SMILES string of the molecule is CC(C)CCNc1nncc(NCCc2c[nH]c3ccccc23)n1. The fourth-order valence-electron chi connectivity index (χ4n) is 2.60. The third-order valence-electron chi connectivity index (χ3n) is 3.94. The Hall–Kier alpha value is -2.63. The number of nitrogens with one attached hydrogen (secondary N) is 3. The largest absolute Gasteiger partial charge is 0.368 e. The summed E-state index contributed by atoms with van der Waals surface area (Å²) in [4.78, 5) is 7.75. The van der Waals surface area contributed by atoms with Crippen molar-refractivity contribution in [2.75, 3.05) is 23.7 Å². The summed E-state index contributed by atoms with van der Waals surface area (Å²) in [5, 5.41) is 15.8. The molecule has 0 aliphatic heterocycles. The molecule has 3 N–H and O–H groups in total. The second-order valence-corrected chi connectivity index (χ2v) is 6.31. The zero-order valence-electron chi connectivity index (χ0n) is 14.2. The third-order valence-corrected chi connectivity index (χ3v) is 3.94. The van der Waals surface area contributed by atoms with E-state index in [0.29, 0.717) is 11.9 Å². The predicted octanol–water partition coefficient (Wildman–Crippen LogP) is 3.47. The second kappa shape index (κ2) is 7.77. The van der Waals surface area contributed by atoms with E-state index in [-0.39, 0.29) is 0 Å². The summed E-state index contributed by atoms with van der Waals surface area (Å²) in [6.07, 6.45) is 5.73. The monoisotopic (exact) mass is 324 g/mol. The summed E-state index contributed by atoms with van der Waals surface area (Å²) >= 11 is 0. The first-order valence-corrected chi connectivity index (χ1v) is 8.45. The van der Waals surface area contributed by atoms with Gasteiger partial charge in [-0.15, -0.1) is 5.10 Å². The van der Waals surface area contributed by atoms with Gasteiger partial charge in [0.15, 0.2) is 5.82 Å². The zero-order valence-corrected chi connectivity index (χ0v) is 14.2. The zero-order chi connectivity index (χ0) is 16.8. The van der Waals surface area contributed by atoms with Gasteiger partial charge in [0.2, 0.25) is 5.95 Å². The number of benzene rings is 1. The molecule has 2 aromatic heterocycles. The summed E-state index contributed by atoms with van der Waals surface area (Å²) in [6.45, 7) is 6.05. The Bertz CT molecular complexity index is 780. The number of nitrogens with zero attached hydrogens (tertiary/aromatic N) is 3. The molecule has 126 valence electrons. The molecule has 2 heterocycles. The molecule has 0 aliphatic rings. The van der Waals surface area contributed by atoms with Gasteiger partial charge in [-0.25, -0.2) is 0 Å². The van der Waals surface area contributed by atoms with E-state index in [1.54, 1.807) is 6.20 Å². The molecule has 0 radical (unpaired) electrons. The van der Waals surface area contributed by atoms with Crippen LogP contribution in [0.1, 0.15) is 25.8 Å². The van der Waals surface area contributed by atoms with Gasteiger partial charge >= 0.3 is 0 Å². The maximum Gasteiger partial charge on any atom is 0.244 e. The molecule has 0 amide bonds. The average molecular weight is 324 g/mol. The summed E-state index contributed by atoms with van der Waals surface area (Å²) < 4.78 is 0. The van der Waals surface area contributed by atoms with Crippen LogP contribution >= 0.6 is 0 Å². The number of hydrogen-bond acceptors (Lipinski definition) is 5. The van der Waals surface area contributed by atoms with Crippen LogP contribution in [0.15, 0.2) is 36.7 Å². The minimum absolute atomic E-state index is 0.577. The Morgan fingerprint density at radius 1 is 1.12 bits per heavy atom. The number of H-pyrrole nitrogens is 1. The highest BCUT2D eigenvalue weighted by molar-refractivity contribution is 5.83. The highest BCUT2D eigenvalue weighted by Gasteiger charge is 2.04. The van der Waals surface area contributed by atoms with Crippen LogP contribution in [-0.2, 0) is 6.42 Å². The lowest BCUT2D eigenvalue weighted by Crippen LogP contribution is -2.11. The average Bonchev–Trinajstić information content (AvgIpc) is 2.98. The summed E-state index contributed by atoms with van der Waals surface area (Å²) in [5.74, 6) is 1.98. The lowest BCUT2D eigenvalue weighted by Gasteiger charge is -2.08. The third kappa shape index (κ3) is 4.22. The molecule has 6 nitrogen and oxygen atoms in total. The Kier molecular flexibility index (Phi) is 5.25. The van der Waals surface area contributed by atoms with Crippen LogP contribution in [0.25, 0.3) is 10.9 Å². The molecule has 0 bridgehead atoms. The lowest BCUT2D eigenvalue weighted by atomic mass is 10.1. The molecule has 0 fully saturated rings. The quantitative estimate of drug-likeness (QED) is 0.591. The van der Waals surface area contributed by atoms with Gasteiger partial charge in [-0.2, -0.15) is 10.1 Å². The standard InChI is InChI=1S/C18H24N6/c1-13(2)7-9-20-18-23-17(12-22-24-18)19-10-8-14-11-21-16-6-4-3-5-15(14)16/h3-6,11-13,21H,7-10H2,1-2H3,(H2,19,20,23,24). The molecule has 0 unspecified atom stereocenters. The molecule has 6 heteroatoms. The van der Waals surface area contributed by atoms with Crippen LogP contribution in [-0.4, -0.2) is 33.3 Å². The van der Waals surface area contributed by atoms with Gasteiger partial charge in [0, 0.05) is 30.2 Å². The molecule has 0 aliphatic carbocycles. The molecule has 0 spiro atoms. The van der Waals surface area contributed by atoms with Crippen LogP contribution in [0.5, 0.6) is 0 Å². The van der Waals surface area contributed by atoms with Gasteiger partial charge in [-0.3, -0.25) is 0 Å². The van der Waals surface area contributed by atoms with E-state index < -0.39 is 0 Å². The minimum Gasteiger partial charge on any atom is -0.368 e. The number of para-hydroxylation sites is 1. The molecule has 3 aromatic rings. The summed E-state index contributed by atoms with van der Waals surface area (Å²) in [5.41, 5.74) is 2.48. The van der Waals surface area contributed by atoms with Gasteiger partial charge in [0.25, 0.3) is 0 Å². The van der Waals surface area contributed by atoms with Crippen molar-refractivity contribution in [3.05, 3.63) is 42.2 Å². The molecular weight excluding hydrogens is 300 g/mol.